The van der Waals surface area contributed by atoms with Gasteiger partial charge in [-0.3, -0.25) is 5.84 Å². The number of hydrogen-bond acceptors (Lipinski definition) is 5. The summed E-state index contributed by atoms with van der Waals surface area (Å²) >= 11 is 0. The standard InChI is InChI=1S/C7H10N2O4S.Na.H/c1-12-6-2-4-7(5-3-6)13-14(10,11)9-8;;/h2-5,9H,8H2,1H3;;. The van der Waals surface area contributed by atoms with Crippen molar-refractivity contribution in [3.05, 3.63) is 24.3 Å². The normalized spacial score (nSPS) is 10.3. The van der Waals surface area contributed by atoms with Crippen LogP contribution in [-0.2, 0) is 10.3 Å². The van der Waals surface area contributed by atoms with E-state index in [1.54, 1.807) is 12.1 Å². The summed E-state index contributed by atoms with van der Waals surface area (Å²) in [4.78, 5) is 1.54. The molecule has 0 atom stereocenters. The van der Waals surface area contributed by atoms with Gasteiger partial charge in [0, 0.05) is 0 Å². The number of nitrogens with one attached hydrogen (secondary N) is 1. The number of hydrazine groups is 1. The second-order valence-electron chi connectivity index (χ2n) is 2.33. The number of rotatable bonds is 4. The van der Waals surface area contributed by atoms with Gasteiger partial charge in [-0.2, -0.15) is 8.42 Å². The Bertz CT molecular complexity index is 392. The fourth-order valence-corrected chi connectivity index (χ4v) is 1.19. The van der Waals surface area contributed by atoms with Crippen LogP contribution in [0.5, 0.6) is 11.5 Å². The molecular weight excluding hydrogens is 231 g/mol. The predicted molar refractivity (Wildman–Crippen MR) is 57.0 cm³/mol. The van der Waals surface area contributed by atoms with Crippen LogP contribution in [0.1, 0.15) is 0 Å². The van der Waals surface area contributed by atoms with Gasteiger partial charge in [-0.25, -0.2) is 0 Å². The maximum absolute atomic E-state index is 10.8. The number of nitrogens with two attached hydrogens (primary N) is 1. The first-order valence-electron chi connectivity index (χ1n) is 3.63. The van der Waals surface area contributed by atoms with Gasteiger partial charge >= 0.3 is 39.9 Å². The first-order chi connectivity index (χ1) is 6.57. The van der Waals surface area contributed by atoms with Crippen molar-refractivity contribution in [2.24, 2.45) is 5.84 Å². The third-order valence-electron chi connectivity index (χ3n) is 1.41. The number of hydrogen-bond donors (Lipinski definition) is 2. The Kier molecular flexibility index (Phi) is 6.18. The zero-order valence-corrected chi connectivity index (χ0v) is 8.24. The molecule has 8 heteroatoms. The van der Waals surface area contributed by atoms with Gasteiger partial charge in [0.15, 0.2) is 0 Å². The van der Waals surface area contributed by atoms with Gasteiger partial charge in [-0.05, 0) is 24.3 Å². The molecule has 0 saturated heterocycles. The van der Waals surface area contributed by atoms with Crippen molar-refractivity contribution < 1.29 is 17.3 Å². The van der Waals surface area contributed by atoms with Crippen LogP contribution in [0.4, 0.5) is 0 Å². The van der Waals surface area contributed by atoms with Crippen LogP contribution in [0.2, 0.25) is 0 Å². The van der Waals surface area contributed by atoms with Crippen molar-refractivity contribution in [2.75, 3.05) is 7.11 Å². The molecule has 0 aromatic heterocycles. The molecule has 0 aliphatic rings. The van der Waals surface area contributed by atoms with Crippen LogP contribution in [0.3, 0.4) is 0 Å². The fourth-order valence-electron chi connectivity index (χ4n) is 0.782. The number of ether oxygens (including phenoxy) is 1. The average molecular weight is 242 g/mol. The molecular formula is C7H11N2NaO4S. The molecule has 0 fully saturated rings. The Morgan fingerprint density at radius 1 is 1.20 bits per heavy atom. The van der Waals surface area contributed by atoms with Crippen LogP contribution >= 0.6 is 0 Å². The summed E-state index contributed by atoms with van der Waals surface area (Å²) in [6.07, 6.45) is 0. The maximum atomic E-state index is 10.8. The van der Waals surface area contributed by atoms with E-state index in [0.29, 0.717) is 5.75 Å². The monoisotopic (exact) mass is 242 g/mol. The van der Waals surface area contributed by atoms with Crippen LogP contribution < -0.4 is 19.6 Å². The van der Waals surface area contributed by atoms with Gasteiger partial charge in [0.2, 0.25) is 0 Å². The van der Waals surface area contributed by atoms with E-state index < -0.39 is 10.3 Å². The molecule has 0 aliphatic carbocycles. The average Bonchev–Trinajstić information content (AvgIpc) is 2.19. The minimum absolute atomic E-state index is 0. The summed E-state index contributed by atoms with van der Waals surface area (Å²) in [5.74, 6) is 5.49. The summed E-state index contributed by atoms with van der Waals surface area (Å²) in [5.41, 5.74) is 0. The topological polar surface area (TPSA) is 90.6 Å². The predicted octanol–water partition coefficient (Wildman–Crippen LogP) is -0.866. The van der Waals surface area contributed by atoms with Crippen LogP contribution in [0, 0.1) is 0 Å². The van der Waals surface area contributed by atoms with Crippen molar-refractivity contribution in [2.45, 2.75) is 0 Å². The van der Waals surface area contributed by atoms with E-state index in [4.69, 9.17) is 10.6 Å². The molecule has 0 aliphatic heterocycles. The van der Waals surface area contributed by atoms with E-state index >= 15 is 0 Å². The molecule has 1 rings (SSSR count). The Balaban J connectivity index is 0.00000196. The van der Waals surface area contributed by atoms with Gasteiger partial charge in [-0.1, -0.05) is 0 Å². The molecule has 15 heavy (non-hydrogen) atoms. The van der Waals surface area contributed by atoms with Gasteiger partial charge in [0.05, 0.1) is 7.11 Å². The zero-order chi connectivity index (χ0) is 10.6. The van der Waals surface area contributed by atoms with Crippen molar-refractivity contribution in [3.8, 4) is 11.5 Å². The SMILES string of the molecule is COc1ccc(OS(=O)(=O)NN)cc1.[NaH]. The molecule has 0 saturated carbocycles. The third kappa shape index (κ3) is 4.83. The molecule has 3 N–H and O–H groups in total. The molecule has 0 unspecified atom stereocenters. The molecule has 6 nitrogen and oxygen atoms in total. The summed E-state index contributed by atoms with van der Waals surface area (Å²) in [6.45, 7) is 0. The minimum atomic E-state index is -3.91. The molecule has 0 spiro atoms. The summed E-state index contributed by atoms with van der Waals surface area (Å²) in [7, 11) is -2.40. The zero-order valence-electron chi connectivity index (χ0n) is 7.43. The summed E-state index contributed by atoms with van der Waals surface area (Å²) in [6, 6.07) is 6.05. The molecule has 0 amide bonds. The van der Waals surface area contributed by atoms with E-state index in [9.17, 15) is 8.42 Å². The molecule has 0 radical (unpaired) electrons. The molecule has 80 valence electrons. The quantitative estimate of drug-likeness (QED) is 0.407. The van der Waals surface area contributed by atoms with Gasteiger partial charge in [-0.15, -0.1) is 4.83 Å². The first kappa shape index (κ1) is 14.7. The second-order valence-corrected chi connectivity index (χ2v) is 3.64. The van der Waals surface area contributed by atoms with E-state index in [2.05, 4.69) is 4.18 Å². The molecule has 1 aromatic carbocycles. The Morgan fingerprint density at radius 2 is 1.67 bits per heavy atom. The van der Waals surface area contributed by atoms with E-state index in [1.807, 2.05) is 0 Å². The van der Waals surface area contributed by atoms with Crippen molar-refractivity contribution in [3.63, 3.8) is 0 Å². The molecule has 0 heterocycles. The fraction of sp³-hybridized carbons (Fsp3) is 0.143. The second kappa shape index (κ2) is 6.31. The molecule has 0 bridgehead atoms. The Morgan fingerprint density at radius 3 is 2.07 bits per heavy atom. The van der Waals surface area contributed by atoms with Crippen molar-refractivity contribution >= 4 is 39.9 Å². The number of benzene rings is 1. The third-order valence-corrected chi connectivity index (χ3v) is 2.11. The van der Waals surface area contributed by atoms with Crippen LogP contribution in [0.25, 0.3) is 0 Å². The van der Waals surface area contributed by atoms with E-state index in [0.717, 1.165) is 0 Å². The summed E-state index contributed by atoms with van der Waals surface area (Å²) < 4.78 is 31.1. The Hall–Kier alpha value is -0.310. The number of methoxy groups -OCH3 is 1. The summed E-state index contributed by atoms with van der Waals surface area (Å²) in [5, 5.41) is 0. The first-order valence-corrected chi connectivity index (χ1v) is 5.04. The van der Waals surface area contributed by atoms with Gasteiger partial charge < -0.3 is 8.92 Å². The van der Waals surface area contributed by atoms with Crippen LogP contribution in [-0.4, -0.2) is 45.1 Å². The van der Waals surface area contributed by atoms with Crippen molar-refractivity contribution in [1.29, 1.82) is 0 Å². The van der Waals surface area contributed by atoms with E-state index in [1.165, 1.54) is 24.1 Å². The van der Waals surface area contributed by atoms with Crippen molar-refractivity contribution in [1.82, 2.24) is 4.83 Å². The van der Waals surface area contributed by atoms with E-state index in [-0.39, 0.29) is 35.3 Å². The van der Waals surface area contributed by atoms with Gasteiger partial charge in [0.25, 0.3) is 0 Å². The van der Waals surface area contributed by atoms with Crippen LogP contribution in [0.15, 0.2) is 24.3 Å². The Labute approximate surface area is 110 Å². The molecule has 1 aromatic rings. The van der Waals surface area contributed by atoms with Gasteiger partial charge in [0.1, 0.15) is 11.5 Å².